The first kappa shape index (κ1) is 16.4. The molecule has 6 heteroatoms. The van der Waals surface area contributed by atoms with Crippen LogP contribution in [0.25, 0.3) is 0 Å². The van der Waals surface area contributed by atoms with Crippen molar-refractivity contribution < 1.29 is 13.2 Å². The number of hydrogen-bond donors (Lipinski definition) is 1. The van der Waals surface area contributed by atoms with Gasteiger partial charge < -0.3 is 10.6 Å². The number of carbonyl (C=O) groups excluding carboxylic acids is 1. The highest BCUT2D eigenvalue weighted by Crippen LogP contribution is 2.26. The molecule has 0 aromatic carbocycles. The Labute approximate surface area is 116 Å². The second-order valence-corrected chi connectivity index (χ2v) is 7.84. The fourth-order valence-corrected chi connectivity index (χ4v) is 3.89. The fourth-order valence-electron chi connectivity index (χ4n) is 2.74. The quantitative estimate of drug-likeness (QED) is 0.784. The Morgan fingerprint density at radius 3 is 2.42 bits per heavy atom. The third-order valence-corrected chi connectivity index (χ3v) is 5.78. The highest BCUT2D eigenvalue weighted by Gasteiger charge is 2.33. The van der Waals surface area contributed by atoms with E-state index in [0.717, 1.165) is 19.3 Å². The van der Waals surface area contributed by atoms with Crippen molar-refractivity contribution in [3.63, 3.8) is 0 Å². The van der Waals surface area contributed by atoms with Crippen molar-refractivity contribution in [2.24, 2.45) is 11.7 Å². The summed E-state index contributed by atoms with van der Waals surface area (Å²) >= 11 is 0. The predicted molar refractivity (Wildman–Crippen MR) is 76.5 cm³/mol. The minimum Gasteiger partial charge on any atom is -0.339 e. The minimum atomic E-state index is -3.06. The first-order valence-corrected chi connectivity index (χ1v) is 8.89. The van der Waals surface area contributed by atoms with Gasteiger partial charge in [0.2, 0.25) is 5.91 Å². The summed E-state index contributed by atoms with van der Waals surface area (Å²) in [6.45, 7) is 5.88. The van der Waals surface area contributed by atoms with Gasteiger partial charge in [-0.05, 0) is 33.1 Å². The second-order valence-electron chi connectivity index (χ2n) is 5.44. The average Bonchev–Trinajstić information content (AvgIpc) is 2.76. The second kappa shape index (κ2) is 6.70. The standard InChI is InChI=1S/C13H26N2O3S/c1-4-15(10(3)9-19(17,18)5-2)13(16)11-6-7-12(14)8-11/h10-12H,4-9,14H2,1-3H3. The van der Waals surface area contributed by atoms with E-state index in [2.05, 4.69) is 0 Å². The number of hydrogen-bond acceptors (Lipinski definition) is 4. The molecule has 1 fully saturated rings. The molecular weight excluding hydrogens is 264 g/mol. The van der Waals surface area contributed by atoms with Crippen molar-refractivity contribution in [1.29, 1.82) is 0 Å². The zero-order valence-electron chi connectivity index (χ0n) is 12.1. The largest absolute Gasteiger partial charge is 0.339 e. The van der Waals surface area contributed by atoms with Crippen LogP contribution in [-0.2, 0) is 14.6 Å². The molecule has 0 aromatic heterocycles. The molecule has 1 saturated carbocycles. The molecule has 0 spiro atoms. The van der Waals surface area contributed by atoms with Gasteiger partial charge in [0.25, 0.3) is 0 Å². The van der Waals surface area contributed by atoms with Gasteiger partial charge in [0.15, 0.2) is 9.84 Å². The van der Waals surface area contributed by atoms with Gasteiger partial charge >= 0.3 is 0 Å². The smallest absolute Gasteiger partial charge is 0.226 e. The summed E-state index contributed by atoms with van der Waals surface area (Å²) in [7, 11) is -3.06. The van der Waals surface area contributed by atoms with Gasteiger partial charge in [-0.3, -0.25) is 4.79 Å². The Balaban J connectivity index is 2.69. The monoisotopic (exact) mass is 290 g/mol. The maximum absolute atomic E-state index is 12.4. The summed E-state index contributed by atoms with van der Waals surface area (Å²) < 4.78 is 23.3. The summed E-state index contributed by atoms with van der Waals surface area (Å²) in [6.07, 6.45) is 2.43. The highest BCUT2D eigenvalue weighted by molar-refractivity contribution is 7.91. The molecule has 0 aromatic rings. The van der Waals surface area contributed by atoms with E-state index in [1.54, 1.807) is 11.8 Å². The van der Waals surface area contributed by atoms with Gasteiger partial charge in [0.1, 0.15) is 0 Å². The van der Waals surface area contributed by atoms with Crippen molar-refractivity contribution in [1.82, 2.24) is 4.90 Å². The van der Waals surface area contributed by atoms with Gasteiger partial charge in [-0.25, -0.2) is 8.42 Å². The average molecular weight is 290 g/mol. The van der Waals surface area contributed by atoms with E-state index >= 15 is 0 Å². The maximum atomic E-state index is 12.4. The highest BCUT2D eigenvalue weighted by atomic mass is 32.2. The van der Waals surface area contributed by atoms with Gasteiger partial charge in [0.05, 0.1) is 5.75 Å². The molecule has 0 aliphatic heterocycles. The molecule has 19 heavy (non-hydrogen) atoms. The van der Waals surface area contributed by atoms with E-state index in [1.165, 1.54) is 0 Å². The maximum Gasteiger partial charge on any atom is 0.226 e. The van der Waals surface area contributed by atoms with Crippen LogP contribution in [0.5, 0.6) is 0 Å². The first-order valence-electron chi connectivity index (χ1n) is 7.07. The molecule has 0 heterocycles. The molecule has 1 amide bonds. The molecule has 5 nitrogen and oxygen atoms in total. The van der Waals surface area contributed by atoms with Crippen molar-refractivity contribution in [3.8, 4) is 0 Å². The molecule has 2 N–H and O–H groups in total. The van der Waals surface area contributed by atoms with Crippen LogP contribution in [0.3, 0.4) is 0 Å². The van der Waals surface area contributed by atoms with Crippen molar-refractivity contribution in [2.45, 2.75) is 52.1 Å². The lowest BCUT2D eigenvalue weighted by molar-refractivity contribution is -0.136. The molecule has 3 unspecified atom stereocenters. The summed E-state index contributed by atoms with van der Waals surface area (Å²) in [5, 5.41) is 0. The lowest BCUT2D eigenvalue weighted by Gasteiger charge is -2.30. The van der Waals surface area contributed by atoms with Crippen LogP contribution in [0.2, 0.25) is 0 Å². The number of amides is 1. The number of nitrogens with zero attached hydrogens (tertiary/aromatic N) is 1. The van der Waals surface area contributed by atoms with Crippen LogP contribution >= 0.6 is 0 Å². The summed E-state index contributed by atoms with van der Waals surface area (Å²) in [5.74, 6) is 0.204. The third kappa shape index (κ3) is 4.45. The van der Waals surface area contributed by atoms with Crippen LogP contribution in [-0.4, -0.2) is 49.4 Å². The molecule has 112 valence electrons. The molecule has 1 rings (SSSR count). The Kier molecular flexibility index (Phi) is 5.80. The lowest BCUT2D eigenvalue weighted by atomic mass is 10.1. The van der Waals surface area contributed by atoms with Crippen LogP contribution in [0.15, 0.2) is 0 Å². The predicted octanol–water partition coefficient (Wildman–Crippen LogP) is 0.786. The van der Waals surface area contributed by atoms with Gasteiger partial charge in [0, 0.05) is 30.3 Å². The summed E-state index contributed by atoms with van der Waals surface area (Å²) in [5.41, 5.74) is 5.84. The number of rotatable bonds is 6. The van der Waals surface area contributed by atoms with E-state index in [0.29, 0.717) is 6.54 Å². The zero-order valence-corrected chi connectivity index (χ0v) is 12.9. The Morgan fingerprint density at radius 2 is 2.00 bits per heavy atom. The summed E-state index contributed by atoms with van der Waals surface area (Å²) in [4.78, 5) is 14.1. The van der Waals surface area contributed by atoms with E-state index in [-0.39, 0.29) is 35.4 Å². The number of sulfone groups is 1. The van der Waals surface area contributed by atoms with E-state index < -0.39 is 9.84 Å². The number of nitrogens with two attached hydrogens (primary N) is 1. The van der Waals surface area contributed by atoms with Gasteiger partial charge in [-0.2, -0.15) is 0 Å². The van der Waals surface area contributed by atoms with Crippen molar-refractivity contribution in [3.05, 3.63) is 0 Å². The molecule has 1 aliphatic rings. The molecule has 0 radical (unpaired) electrons. The Hall–Kier alpha value is -0.620. The van der Waals surface area contributed by atoms with Crippen molar-refractivity contribution in [2.75, 3.05) is 18.1 Å². The third-order valence-electron chi connectivity index (χ3n) is 3.91. The molecule has 3 atom stereocenters. The SMILES string of the molecule is CCN(C(=O)C1CCC(N)C1)C(C)CS(=O)(=O)CC. The minimum absolute atomic E-state index is 0.0262. The van der Waals surface area contributed by atoms with Crippen LogP contribution in [0, 0.1) is 5.92 Å². The van der Waals surface area contributed by atoms with Crippen LogP contribution in [0.4, 0.5) is 0 Å². The normalized spacial score (nSPS) is 25.3. The lowest BCUT2D eigenvalue weighted by Crippen LogP contribution is -2.45. The molecule has 1 aliphatic carbocycles. The molecule has 0 bridgehead atoms. The molecular formula is C13H26N2O3S. The van der Waals surface area contributed by atoms with E-state index in [4.69, 9.17) is 5.73 Å². The van der Waals surface area contributed by atoms with Crippen LogP contribution < -0.4 is 5.73 Å². The Morgan fingerprint density at radius 1 is 1.37 bits per heavy atom. The van der Waals surface area contributed by atoms with E-state index in [9.17, 15) is 13.2 Å². The van der Waals surface area contributed by atoms with Crippen LogP contribution in [0.1, 0.15) is 40.0 Å². The first-order chi connectivity index (χ1) is 8.80. The fraction of sp³-hybridized carbons (Fsp3) is 0.923. The Bertz CT molecular complexity index is 408. The van der Waals surface area contributed by atoms with E-state index in [1.807, 2.05) is 13.8 Å². The molecule has 0 saturated heterocycles. The van der Waals surface area contributed by atoms with Gasteiger partial charge in [-0.15, -0.1) is 0 Å². The topological polar surface area (TPSA) is 80.5 Å². The number of carbonyl (C=O) groups is 1. The zero-order chi connectivity index (χ0) is 14.6. The van der Waals surface area contributed by atoms with Crippen molar-refractivity contribution >= 4 is 15.7 Å². The van der Waals surface area contributed by atoms with Gasteiger partial charge in [-0.1, -0.05) is 6.92 Å². The summed E-state index contributed by atoms with van der Waals surface area (Å²) in [6, 6.07) is -0.151.